The summed E-state index contributed by atoms with van der Waals surface area (Å²) < 4.78 is 0. The molecular weight excluding hydrogens is 298 g/mol. The molecule has 1 aliphatic carbocycles. The molecule has 3 atom stereocenters. The standard InChI is InChI=1S/C20H27N3O/c1-15-13-23(18(15)17-9-5-3-6-10-17)16(2)19(24)22-20(14-21)11-7-4-8-12-20/h3,5-6,9-10,15-16,18H,4,7-8,11-13H2,1-2H3,(H,22,24). The summed E-state index contributed by atoms with van der Waals surface area (Å²) >= 11 is 0. The second-order valence-corrected chi connectivity index (χ2v) is 7.45. The quantitative estimate of drug-likeness (QED) is 0.923. The van der Waals surface area contributed by atoms with Crippen LogP contribution in [0.3, 0.4) is 0 Å². The van der Waals surface area contributed by atoms with Gasteiger partial charge in [0.1, 0.15) is 5.54 Å². The Morgan fingerprint density at radius 3 is 2.54 bits per heavy atom. The van der Waals surface area contributed by atoms with Crippen molar-refractivity contribution < 1.29 is 4.79 Å². The second-order valence-electron chi connectivity index (χ2n) is 7.45. The molecule has 1 aliphatic heterocycles. The lowest BCUT2D eigenvalue weighted by atomic mass is 9.81. The number of amides is 1. The van der Waals surface area contributed by atoms with Crippen LogP contribution in [-0.2, 0) is 4.79 Å². The number of nitrogens with zero attached hydrogens (tertiary/aromatic N) is 2. The van der Waals surface area contributed by atoms with Gasteiger partial charge in [0.2, 0.25) is 5.91 Å². The maximum Gasteiger partial charge on any atom is 0.238 e. The molecule has 0 radical (unpaired) electrons. The van der Waals surface area contributed by atoms with E-state index < -0.39 is 5.54 Å². The number of carbonyl (C=O) groups excluding carboxylic acids is 1. The maximum absolute atomic E-state index is 12.8. The molecule has 1 N–H and O–H groups in total. The first kappa shape index (κ1) is 17.0. The van der Waals surface area contributed by atoms with E-state index in [9.17, 15) is 10.1 Å². The van der Waals surface area contributed by atoms with Gasteiger partial charge in [-0.3, -0.25) is 9.69 Å². The zero-order valence-corrected chi connectivity index (χ0v) is 14.7. The van der Waals surface area contributed by atoms with Crippen LogP contribution in [0.15, 0.2) is 30.3 Å². The number of nitriles is 1. The molecule has 3 rings (SSSR count). The van der Waals surface area contributed by atoms with Crippen molar-refractivity contribution in [1.82, 2.24) is 10.2 Å². The van der Waals surface area contributed by atoms with Gasteiger partial charge in [0.05, 0.1) is 12.1 Å². The minimum atomic E-state index is -0.650. The van der Waals surface area contributed by atoms with Gasteiger partial charge >= 0.3 is 0 Å². The summed E-state index contributed by atoms with van der Waals surface area (Å²) in [7, 11) is 0. The number of carbonyl (C=O) groups is 1. The molecule has 0 spiro atoms. The van der Waals surface area contributed by atoms with Crippen LogP contribution in [0, 0.1) is 17.2 Å². The van der Waals surface area contributed by atoms with E-state index in [-0.39, 0.29) is 18.0 Å². The third kappa shape index (κ3) is 3.18. The van der Waals surface area contributed by atoms with Crippen LogP contribution in [0.4, 0.5) is 0 Å². The Labute approximate surface area is 144 Å². The normalized spacial score (nSPS) is 27.5. The lowest BCUT2D eigenvalue weighted by Crippen LogP contribution is -2.60. The summed E-state index contributed by atoms with van der Waals surface area (Å²) in [5.74, 6) is 0.536. The molecule has 1 amide bonds. The SMILES string of the molecule is CC1CN(C(C)C(=O)NC2(C#N)CCCCC2)C1c1ccccc1. The average Bonchev–Trinajstić information content (AvgIpc) is 2.60. The summed E-state index contributed by atoms with van der Waals surface area (Å²) in [6, 6.07) is 12.9. The largest absolute Gasteiger partial charge is 0.336 e. The first-order valence-corrected chi connectivity index (χ1v) is 9.10. The van der Waals surface area contributed by atoms with E-state index in [1.807, 2.05) is 13.0 Å². The highest BCUT2D eigenvalue weighted by molar-refractivity contribution is 5.82. The van der Waals surface area contributed by atoms with Crippen molar-refractivity contribution in [1.29, 1.82) is 5.26 Å². The predicted octanol–water partition coefficient (Wildman–Crippen LogP) is 3.41. The lowest BCUT2D eigenvalue weighted by Gasteiger charge is -2.50. The van der Waals surface area contributed by atoms with Crippen LogP contribution in [0.5, 0.6) is 0 Å². The van der Waals surface area contributed by atoms with E-state index in [1.54, 1.807) is 0 Å². The molecule has 1 saturated carbocycles. The highest BCUT2D eigenvalue weighted by Gasteiger charge is 2.43. The Bertz CT molecular complexity index is 616. The summed E-state index contributed by atoms with van der Waals surface area (Å²) in [6.07, 6.45) is 4.76. The monoisotopic (exact) mass is 325 g/mol. The number of benzene rings is 1. The predicted molar refractivity (Wildman–Crippen MR) is 94.1 cm³/mol. The fraction of sp³-hybridized carbons (Fsp3) is 0.600. The van der Waals surface area contributed by atoms with Gasteiger partial charge in [0, 0.05) is 12.6 Å². The third-order valence-electron chi connectivity index (χ3n) is 5.70. The summed E-state index contributed by atoms with van der Waals surface area (Å²) in [6.45, 7) is 5.12. The molecule has 1 heterocycles. The molecule has 0 aromatic heterocycles. The summed E-state index contributed by atoms with van der Waals surface area (Å²) in [4.78, 5) is 15.0. The van der Waals surface area contributed by atoms with Gasteiger partial charge in [-0.05, 0) is 31.2 Å². The van der Waals surface area contributed by atoms with Gasteiger partial charge < -0.3 is 5.32 Å². The minimum absolute atomic E-state index is 0.00807. The molecule has 1 aromatic carbocycles. The van der Waals surface area contributed by atoms with E-state index in [1.165, 1.54) is 5.56 Å². The number of likely N-dealkylation sites (tertiary alicyclic amines) is 1. The Balaban J connectivity index is 1.68. The first-order chi connectivity index (χ1) is 11.6. The smallest absolute Gasteiger partial charge is 0.238 e. The lowest BCUT2D eigenvalue weighted by molar-refractivity contribution is -0.133. The molecule has 128 valence electrons. The maximum atomic E-state index is 12.8. The zero-order valence-electron chi connectivity index (χ0n) is 14.7. The third-order valence-corrected chi connectivity index (χ3v) is 5.70. The van der Waals surface area contributed by atoms with Crippen LogP contribution in [-0.4, -0.2) is 28.9 Å². The van der Waals surface area contributed by atoms with Crippen molar-refractivity contribution in [3.63, 3.8) is 0 Å². The molecule has 0 bridgehead atoms. The van der Waals surface area contributed by atoms with Crippen molar-refractivity contribution in [2.45, 2.75) is 63.6 Å². The van der Waals surface area contributed by atoms with Gasteiger partial charge in [-0.1, -0.05) is 56.5 Å². The number of nitrogens with one attached hydrogen (secondary N) is 1. The van der Waals surface area contributed by atoms with Gasteiger partial charge in [-0.15, -0.1) is 0 Å². The summed E-state index contributed by atoms with van der Waals surface area (Å²) in [5, 5.41) is 12.7. The van der Waals surface area contributed by atoms with Crippen molar-refractivity contribution >= 4 is 5.91 Å². The molecule has 3 unspecified atom stereocenters. The molecule has 2 fully saturated rings. The first-order valence-electron chi connectivity index (χ1n) is 9.10. The topological polar surface area (TPSA) is 56.1 Å². The van der Waals surface area contributed by atoms with Gasteiger partial charge in [-0.25, -0.2) is 0 Å². The van der Waals surface area contributed by atoms with Crippen molar-refractivity contribution in [2.75, 3.05) is 6.54 Å². The van der Waals surface area contributed by atoms with E-state index in [0.717, 1.165) is 38.6 Å². The van der Waals surface area contributed by atoms with E-state index in [2.05, 4.69) is 47.5 Å². The Hall–Kier alpha value is -1.86. The van der Waals surface area contributed by atoms with Crippen LogP contribution < -0.4 is 5.32 Å². The highest BCUT2D eigenvalue weighted by atomic mass is 16.2. The van der Waals surface area contributed by atoms with Crippen LogP contribution in [0.25, 0.3) is 0 Å². The van der Waals surface area contributed by atoms with Gasteiger partial charge in [-0.2, -0.15) is 5.26 Å². The van der Waals surface area contributed by atoms with Crippen LogP contribution >= 0.6 is 0 Å². The van der Waals surface area contributed by atoms with E-state index in [4.69, 9.17) is 0 Å². The van der Waals surface area contributed by atoms with Crippen molar-refractivity contribution in [3.8, 4) is 6.07 Å². The molecule has 4 heteroatoms. The fourth-order valence-electron chi connectivity index (χ4n) is 4.22. The van der Waals surface area contributed by atoms with E-state index >= 15 is 0 Å². The molecule has 1 saturated heterocycles. The van der Waals surface area contributed by atoms with E-state index in [0.29, 0.717) is 5.92 Å². The molecule has 1 aromatic rings. The Morgan fingerprint density at radius 1 is 1.29 bits per heavy atom. The molecular formula is C20H27N3O. The van der Waals surface area contributed by atoms with Crippen molar-refractivity contribution in [2.24, 2.45) is 5.92 Å². The Morgan fingerprint density at radius 2 is 1.96 bits per heavy atom. The van der Waals surface area contributed by atoms with Crippen LogP contribution in [0.2, 0.25) is 0 Å². The molecule has 4 nitrogen and oxygen atoms in total. The van der Waals surface area contributed by atoms with Crippen molar-refractivity contribution in [3.05, 3.63) is 35.9 Å². The fourth-order valence-corrected chi connectivity index (χ4v) is 4.22. The Kier molecular flexibility index (Phi) is 4.91. The molecule has 24 heavy (non-hydrogen) atoms. The average molecular weight is 325 g/mol. The second kappa shape index (κ2) is 6.94. The number of hydrogen-bond donors (Lipinski definition) is 1. The molecule has 2 aliphatic rings. The highest BCUT2D eigenvalue weighted by Crippen LogP contribution is 2.40. The summed E-state index contributed by atoms with van der Waals surface area (Å²) in [5.41, 5.74) is 0.617. The minimum Gasteiger partial charge on any atom is -0.336 e. The zero-order chi connectivity index (χ0) is 17.2. The number of hydrogen-bond acceptors (Lipinski definition) is 3. The number of rotatable bonds is 4. The van der Waals surface area contributed by atoms with Gasteiger partial charge in [0.15, 0.2) is 0 Å². The van der Waals surface area contributed by atoms with Gasteiger partial charge in [0.25, 0.3) is 0 Å². The van der Waals surface area contributed by atoms with Crippen LogP contribution in [0.1, 0.15) is 57.6 Å².